The molecule has 156 valence electrons. The van der Waals surface area contributed by atoms with Crippen molar-refractivity contribution in [3.8, 4) is 5.75 Å². The largest absolute Gasteiger partial charge is 0.497 e. The minimum atomic E-state index is -0.393. The van der Waals surface area contributed by atoms with Crippen LogP contribution in [0.3, 0.4) is 0 Å². The quantitative estimate of drug-likeness (QED) is 0.459. The molecule has 0 saturated heterocycles. The number of thiazole rings is 1. The molecule has 3 amide bonds. The third kappa shape index (κ3) is 6.20. The molecule has 1 heterocycles. The standard InChI is InChI=1S/C21H21ClN4O3S/c1-13-3-4-15(11-18(13)22)23-19(27)10-7-16-12-30-21(25-16)26-20(28)24-14-5-8-17(29-2)9-6-14/h3-6,8-9,11-12H,7,10H2,1-2H3,(H,23,27)(H2,24,25,26,28). The summed E-state index contributed by atoms with van der Waals surface area (Å²) in [5.41, 5.74) is 2.98. The van der Waals surface area contributed by atoms with Crippen LogP contribution in [0.1, 0.15) is 17.7 Å². The van der Waals surface area contributed by atoms with Crippen molar-refractivity contribution < 1.29 is 14.3 Å². The highest BCUT2D eigenvalue weighted by molar-refractivity contribution is 7.13. The third-order valence-electron chi connectivity index (χ3n) is 4.18. The number of aromatic nitrogens is 1. The van der Waals surface area contributed by atoms with E-state index in [2.05, 4.69) is 20.9 Å². The van der Waals surface area contributed by atoms with Gasteiger partial charge >= 0.3 is 6.03 Å². The monoisotopic (exact) mass is 444 g/mol. The molecule has 9 heteroatoms. The number of carbonyl (C=O) groups is 2. The summed E-state index contributed by atoms with van der Waals surface area (Å²) >= 11 is 7.38. The minimum absolute atomic E-state index is 0.130. The predicted molar refractivity (Wildman–Crippen MR) is 121 cm³/mol. The highest BCUT2D eigenvalue weighted by atomic mass is 35.5. The van der Waals surface area contributed by atoms with Crippen molar-refractivity contribution in [2.75, 3.05) is 23.1 Å². The molecular weight excluding hydrogens is 424 g/mol. The van der Waals surface area contributed by atoms with Gasteiger partial charge in [-0.15, -0.1) is 11.3 Å². The molecule has 3 rings (SSSR count). The van der Waals surface area contributed by atoms with E-state index in [9.17, 15) is 9.59 Å². The summed E-state index contributed by atoms with van der Waals surface area (Å²) in [6.45, 7) is 1.90. The lowest BCUT2D eigenvalue weighted by molar-refractivity contribution is -0.116. The number of aryl methyl sites for hydroxylation is 2. The van der Waals surface area contributed by atoms with Gasteiger partial charge in [-0.3, -0.25) is 10.1 Å². The van der Waals surface area contributed by atoms with E-state index in [1.165, 1.54) is 11.3 Å². The Morgan fingerprint density at radius 3 is 2.50 bits per heavy atom. The Bertz CT molecular complexity index is 1040. The van der Waals surface area contributed by atoms with Crippen molar-refractivity contribution >= 4 is 51.4 Å². The van der Waals surface area contributed by atoms with Gasteiger partial charge in [0, 0.05) is 28.2 Å². The fourth-order valence-electron chi connectivity index (χ4n) is 2.55. The Hall–Kier alpha value is -3.10. The second kappa shape index (κ2) is 10.1. The minimum Gasteiger partial charge on any atom is -0.497 e. The SMILES string of the molecule is COc1ccc(NC(=O)Nc2nc(CCC(=O)Nc3ccc(C)c(Cl)c3)cs2)cc1. The number of carbonyl (C=O) groups excluding carboxylic acids is 2. The van der Waals surface area contributed by atoms with Crippen LogP contribution in [0.5, 0.6) is 5.75 Å². The van der Waals surface area contributed by atoms with Crippen LogP contribution in [0.4, 0.5) is 21.3 Å². The predicted octanol–water partition coefficient (Wildman–Crippen LogP) is 5.33. The van der Waals surface area contributed by atoms with E-state index in [1.807, 2.05) is 24.4 Å². The first kappa shape index (κ1) is 21.6. The number of hydrogen-bond donors (Lipinski definition) is 3. The summed E-state index contributed by atoms with van der Waals surface area (Å²) in [7, 11) is 1.58. The van der Waals surface area contributed by atoms with Gasteiger partial charge in [0.05, 0.1) is 12.8 Å². The first-order valence-electron chi connectivity index (χ1n) is 9.15. The normalized spacial score (nSPS) is 10.4. The number of halogens is 1. The molecule has 0 bridgehead atoms. The molecule has 3 aromatic rings. The maximum atomic E-state index is 12.1. The zero-order chi connectivity index (χ0) is 21.5. The van der Waals surface area contributed by atoms with E-state index >= 15 is 0 Å². The molecule has 0 unspecified atom stereocenters. The van der Waals surface area contributed by atoms with Crippen LogP contribution in [-0.2, 0) is 11.2 Å². The van der Waals surface area contributed by atoms with Crippen LogP contribution >= 0.6 is 22.9 Å². The van der Waals surface area contributed by atoms with Crippen LogP contribution in [0.25, 0.3) is 0 Å². The van der Waals surface area contributed by atoms with Gasteiger partial charge in [0.25, 0.3) is 0 Å². The van der Waals surface area contributed by atoms with E-state index < -0.39 is 6.03 Å². The summed E-state index contributed by atoms with van der Waals surface area (Å²) in [6, 6.07) is 12.0. The number of amides is 3. The summed E-state index contributed by atoms with van der Waals surface area (Å²) < 4.78 is 5.08. The molecule has 0 saturated carbocycles. The molecule has 0 aliphatic heterocycles. The summed E-state index contributed by atoms with van der Waals surface area (Å²) in [5, 5.41) is 11.1. The Labute approximate surface area is 183 Å². The summed E-state index contributed by atoms with van der Waals surface area (Å²) in [6.07, 6.45) is 0.733. The highest BCUT2D eigenvalue weighted by Crippen LogP contribution is 2.21. The van der Waals surface area contributed by atoms with Crippen LogP contribution in [-0.4, -0.2) is 24.0 Å². The van der Waals surface area contributed by atoms with Crippen molar-refractivity contribution in [1.82, 2.24) is 4.98 Å². The smallest absolute Gasteiger partial charge is 0.325 e. The first-order chi connectivity index (χ1) is 14.4. The number of hydrogen-bond acceptors (Lipinski definition) is 5. The topological polar surface area (TPSA) is 92.3 Å². The van der Waals surface area contributed by atoms with E-state index in [0.29, 0.717) is 33.7 Å². The van der Waals surface area contributed by atoms with Gasteiger partial charge in [-0.05, 0) is 55.3 Å². The molecule has 7 nitrogen and oxygen atoms in total. The summed E-state index contributed by atoms with van der Waals surface area (Å²) in [5.74, 6) is 0.578. The van der Waals surface area contributed by atoms with E-state index in [-0.39, 0.29) is 12.3 Å². The highest BCUT2D eigenvalue weighted by Gasteiger charge is 2.10. The van der Waals surface area contributed by atoms with Crippen molar-refractivity contribution in [2.24, 2.45) is 0 Å². The van der Waals surface area contributed by atoms with Crippen molar-refractivity contribution in [3.05, 3.63) is 64.1 Å². The lowest BCUT2D eigenvalue weighted by Crippen LogP contribution is -2.19. The van der Waals surface area contributed by atoms with Crippen LogP contribution in [0, 0.1) is 6.92 Å². The Morgan fingerprint density at radius 2 is 1.80 bits per heavy atom. The van der Waals surface area contributed by atoms with E-state index in [0.717, 1.165) is 11.3 Å². The Kier molecular flexibility index (Phi) is 7.26. The average molecular weight is 445 g/mol. The Balaban J connectivity index is 1.46. The van der Waals surface area contributed by atoms with Crippen molar-refractivity contribution in [2.45, 2.75) is 19.8 Å². The van der Waals surface area contributed by atoms with Gasteiger partial charge in [0.1, 0.15) is 5.75 Å². The maximum absolute atomic E-state index is 12.1. The van der Waals surface area contributed by atoms with E-state index in [1.54, 1.807) is 37.4 Å². The van der Waals surface area contributed by atoms with Crippen LogP contribution < -0.4 is 20.7 Å². The summed E-state index contributed by atoms with van der Waals surface area (Å²) in [4.78, 5) is 28.6. The second-order valence-electron chi connectivity index (χ2n) is 6.46. The number of nitrogens with zero attached hydrogens (tertiary/aromatic N) is 1. The number of methoxy groups -OCH3 is 1. The zero-order valence-corrected chi connectivity index (χ0v) is 18.1. The lowest BCUT2D eigenvalue weighted by Gasteiger charge is -2.07. The zero-order valence-electron chi connectivity index (χ0n) is 16.5. The van der Waals surface area contributed by atoms with Gasteiger partial charge in [0.15, 0.2) is 5.13 Å². The van der Waals surface area contributed by atoms with Crippen molar-refractivity contribution in [1.29, 1.82) is 0 Å². The van der Waals surface area contributed by atoms with Gasteiger partial charge < -0.3 is 15.4 Å². The first-order valence-corrected chi connectivity index (χ1v) is 10.4. The average Bonchev–Trinajstić information content (AvgIpc) is 3.17. The van der Waals surface area contributed by atoms with Crippen molar-refractivity contribution in [3.63, 3.8) is 0 Å². The molecule has 0 fully saturated rings. The fraction of sp³-hybridized carbons (Fsp3) is 0.190. The van der Waals surface area contributed by atoms with Crippen LogP contribution in [0.2, 0.25) is 5.02 Å². The molecule has 0 aliphatic carbocycles. The second-order valence-corrected chi connectivity index (χ2v) is 7.73. The van der Waals surface area contributed by atoms with Crippen LogP contribution in [0.15, 0.2) is 47.8 Å². The molecule has 0 spiro atoms. The number of ether oxygens (including phenoxy) is 1. The molecule has 0 aliphatic rings. The van der Waals surface area contributed by atoms with Gasteiger partial charge in [-0.25, -0.2) is 9.78 Å². The van der Waals surface area contributed by atoms with Gasteiger partial charge in [-0.1, -0.05) is 17.7 Å². The lowest BCUT2D eigenvalue weighted by atomic mass is 10.2. The van der Waals surface area contributed by atoms with Gasteiger partial charge in [0.2, 0.25) is 5.91 Å². The number of benzene rings is 2. The molecule has 3 N–H and O–H groups in total. The molecule has 30 heavy (non-hydrogen) atoms. The maximum Gasteiger partial charge on any atom is 0.325 e. The van der Waals surface area contributed by atoms with Gasteiger partial charge in [-0.2, -0.15) is 0 Å². The molecular formula is C21H21ClN4O3S. The fourth-order valence-corrected chi connectivity index (χ4v) is 3.47. The number of anilines is 3. The molecule has 1 aromatic heterocycles. The number of urea groups is 1. The van der Waals surface area contributed by atoms with E-state index in [4.69, 9.17) is 16.3 Å². The molecule has 2 aromatic carbocycles. The Morgan fingerprint density at radius 1 is 1.07 bits per heavy atom. The number of nitrogens with one attached hydrogen (secondary N) is 3. The molecule has 0 atom stereocenters. The third-order valence-corrected chi connectivity index (χ3v) is 5.40. The number of rotatable bonds is 7. The molecule has 0 radical (unpaired) electrons.